The lowest BCUT2D eigenvalue weighted by Gasteiger charge is -2.46. The largest absolute Gasteiger partial charge is 0.375 e. The highest BCUT2D eigenvalue weighted by Crippen LogP contribution is 2.26. The van der Waals surface area contributed by atoms with Crippen molar-refractivity contribution in [3.8, 4) is 0 Å². The lowest BCUT2D eigenvalue weighted by atomic mass is 9.97. The van der Waals surface area contributed by atoms with Crippen molar-refractivity contribution in [2.75, 3.05) is 25.1 Å². The quantitative estimate of drug-likeness (QED) is 0.772. The highest BCUT2D eigenvalue weighted by molar-refractivity contribution is 14.1. The van der Waals surface area contributed by atoms with Crippen molar-refractivity contribution in [1.29, 1.82) is 0 Å². The van der Waals surface area contributed by atoms with Crippen LogP contribution >= 0.6 is 22.6 Å². The topological polar surface area (TPSA) is 38.2 Å². The summed E-state index contributed by atoms with van der Waals surface area (Å²) in [5, 5.41) is 0. The van der Waals surface area contributed by atoms with Gasteiger partial charge in [0.25, 0.3) is 0 Å². The molecule has 1 aromatic rings. The van der Waals surface area contributed by atoms with Crippen LogP contribution in [0.1, 0.15) is 6.92 Å². The molecule has 0 spiro atoms. The summed E-state index contributed by atoms with van der Waals surface area (Å²) in [6.45, 7) is 3.82. The van der Waals surface area contributed by atoms with Gasteiger partial charge in [-0.25, -0.2) is 9.97 Å². The molecule has 0 bridgehead atoms. The van der Waals surface area contributed by atoms with Crippen LogP contribution in [0.2, 0.25) is 0 Å². The van der Waals surface area contributed by atoms with Crippen molar-refractivity contribution < 1.29 is 4.74 Å². The maximum Gasteiger partial charge on any atom is 0.225 e. The summed E-state index contributed by atoms with van der Waals surface area (Å²) < 4.78 is 6.41. The first-order valence-electron chi connectivity index (χ1n) is 4.41. The Balaban J connectivity index is 2.03. The summed E-state index contributed by atoms with van der Waals surface area (Å²) in [4.78, 5) is 10.6. The number of hydrogen-bond acceptors (Lipinski definition) is 4. The zero-order chi connectivity index (χ0) is 10.2. The molecular formula is C9H12IN3O. The predicted molar refractivity (Wildman–Crippen MR) is 62.4 cm³/mol. The number of aromatic nitrogens is 2. The third kappa shape index (κ3) is 1.83. The molecule has 0 unspecified atom stereocenters. The number of rotatable bonds is 2. The minimum absolute atomic E-state index is 0.0215. The van der Waals surface area contributed by atoms with Gasteiger partial charge in [0.2, 0.25) is 5.95 Å². The van der Waals surface area contributed by atoms with Crippen LogP contribution in [0.5, 0.6) is 0 Å². The van der Waals surface area contributed by atoms with E-state index in [2.05, 4.69) is 44.4 Å². The van der Waals surface area contributed by atoms with E-state index < -0.39 is 0 Å². The van der Waals surface area contributed by atoms with Crippen molar-refractivity contribution in [2.24, 2.45) is 0 Å². The summed E-state index contributed by atoms with van der Waals surface area (Å²) in [5.41, 5.74) is -0.0215. The molecule has 0 aliphatic carbocycles. The fraction of sp³-hybridized carbons (Fsp3) is 0.556. The molecule has 1 aliphatic rings. The van der Waals surface area contributed by atoms with E-state index in [0.717, 1.165) is 22.6 Å². The molecule has 5 heteroatoms. The van der Waals surface area contributed by atoms with E-state index in [-0.39, 0.29) is 5.60 Å². The number of methoxy groups -OCH3 is 1. The maximum absolute atomic E-state index is 5.35. The molecule has 0 aromatic carbocycles. The normalized spacial score (nSPS) is 19.2. The average Bonchev–Trinajstić information content (AvgIpc) is 2.15. The van der Waals surface area contributed by atoms with Crippen molar-refractivity contribution in [1.82, 2.24) is 9.97 Å². The second-order valence-corrected chi connectivity index (χ2v) is 4.96. The summed E-state index contributed by atoms with van der Waals surface area (Å²) in [6.07, 6.45) is 3.65. The van der Waals surface area contributed by atoms with E-state index in [4.69, 9.17) is 4.74 Å². The number of anilines is 1. The number of ether oxygens (including phenoxy) is 1. The number of hydrogen-bond donors (Lipinski definition) is 0. The standard InChI is InChI=1S/C9H12IN3O/c1-9(14-2)5-13(6-9)8-11-3-7(10)4-12-8/h3-4H,5-6H2,1-2H3. The third-order valence-corrected chi connectivity index (χ3v) is 2.99. The fourth-order valence-corrected chi connectivity index (χ4v) is 1.78. The molecule has 1 saturated heterocycles. The smallest absolute Gasteiger partial charge is 0.225 e. The van der Waals surface area contributed by atoms with Crippen LogP contribution in [0, 0.1) is 3.57 Å². The van der Waals surface area contributed by atoms with Crippen LogP contribution in [0.4, 0.5) is 5.95 Å². The lowest BCUT2D eigenvalue weighted by molar-refractivity contribution is -0.0175. The third-order valence-electron chi connectivity index (χ3n) is 2.43. The molecule has 0 saturated carbocycles. The van der Waals surface area contributed by atoms with Crippen LogP contribution < -0.4 is 4.90 Å². The highest BCUT2D eigenvalue weighted by atomic mass is 127. The van der Waals surface area contributed by atoms with E-state index >= 15 is 0 Å². The Labute approximate surface area is 96.8 Å². The SMILES string of the molecule is COC1(C)CN(c2ncc(I)cn2)C1. The maximum atomic E-state index is 5.35. The van der Waals surface area contributed by atoms with E-state index in [0.29, 0.717) is 0 Å². The van der Waals surface area contributed by atoms with Crippen molar-refractivity contribution >= 4 is 28.5 Å². The molecular weight excluding hydrogens is 293 g/mol. The lowest BCUT2D eigenvalue weighted by Crippen LogP contribution is -2.61. The van der Waals surface area contributed by atoms with Gasteiger partial charge in [-0.15, -0.1) is 0 Å². The Bertz CT molecular complexity index is 321. The van der Waals surface area contributed by atoms with Crippen LogP contribution in [-0.2, 0) is 4.74 Å². The van der Waals surface area contributed by atoms with Crippen molar-refractivity contribution in [3.63, 3.8) is 0 Å². The van der Waals surface area contributed by atoms with Gasteiger partial charge in [0.15, 0.2) is 0 Å². The van der Waals surface area contributed by atoms with Gasteiger partial charge in [-0.05, 0) is 29.5 Å². The van der Waals surface area contributed by atoms with Gasteiger partial charge in [0, 0.05) is 23.1 Å². The number of halogens is 1. The Kier molecular flexibility index (Phi) is 2.61. The Morgan fingerprint density at radius 1 is 1.43 bits per heavy atom. The number of nitrogens with zero attached hydrogens (tertiary/aromatic N) is 3. The van der Waals surface area contributed by atoms with Crippen LogP contribution in [0.15, 0.2) is 12.4 Å². The van der Waals surface area contributed by atoms with Crippen LogP contribution in [0.25, 0.3) is 0 Å². The first kappa shape index (κ1) is 10.1. The van der Waals surface area contributed by atoms with Crippen LogP contribution in [0.3, 0.4) is 0 Å². The van der Waals surface area contributed by atoms with Gasteiger partial charge in [-0.3, -0.25) is 0 Å². The zero-order valence-electron chi connectivity index (χ0n) is 8.20. The first-order chi connectivity index (χ1) is 6.63. The van der Waals surface area contributed by atoms with Crippen molar-refractivity contribution in [3.05, 3.63) is 16.0 Å². The minimum Gasteiger partial charge on any atom is -0.375 e. The second-order valence-electron chi connectivity index (χ2n) is 3.71. The van der Waals surface area contributed by atoms with E-state index in [1.54, 1.807) is 7.11 Å². The first-order valence-corrected chi connectivity index (χ1v) is 5.48. The van der Waals surface area contributed by atoms with E-state index in [1.165, 1.54) is 0 Å². The highest BCUT2D eigenvalue weighted by Gasteiger charge is 2.40. The molecule has 1 fully saturated rings. The van der Waals surface area contributed by atoms with Crippen molar-refractivity contribution in [2.45, 2.75) is 12.5 Å². The molecule has 0 radical (unpaired) electrons. The average molecular weight is 305 g/mol. The molecule has 0 atom stereocenters. The zero-order valence-corrected chi connectivity index (χ0v) is 10.4. The molecule has 0 amide bonds. The molecule has 2 heterocycles. The Morgan fingerprint density at radius 3 is 2.50 bits per heavy atom. The fourth-order valence-electron chi connectivity index (χ4n) is 1.50. The molecule has 1 aromatic heterocycles. The second kappa shape index (κ2) is 3.62. The van der Waals surface area contributed by atoms with E-state index in [9.17, 15) is 0 Å². The summed E-state index contributed by atoms with van der Waals surface area (Å²) >= 11 is 2.20. The van der Waals surface area contributed by atoms with Gasteiger partial charge < -0.3 is 9.64 Å². The van der Waals surface area contributed by atoms with Gasteiger partial charge in [-0.1, -0.05) is 0 Å². The summed E-state index contributed by atoms with van der Waals surface area (Å²) in [6, 6.07) is 0. The Hall–Kier alpha value is -0.430. The molecule has 14 heavy (non-hydrogen) atoms. The summed E-state index contributed by atoms with van der Waals surface area (Å²) in [5.74, 6) is 0.792. The van der Waals surface area contributed by atoms with E-state index in [1.807, 2.05) is 12.4 Å². The minimum atomic E-state index is -0.0215. The summed E-state index contributed by atoms with van der Waals surface area (Å²) in [7, 11) is 1.74. The van der Waals surface area contributed by atoms with Gasteiger partial charge in [0.05, 0.1) is 13.1 Å². The van der Waals surface area contributed by atoms with Gasteiger partial charge in [0.1, 0.15) is 5.60 Å². The molecule has 1 aliphatic heterocycles. The van der Waals surface area contributed by atoms with Gasteiger partial charge in [-0.2, -0.15) is 0 Å². The molecule has 2 rings (SSSR count). The predicted octanol–water partition coefficient (Wildman–Crippen LogP) is 1.31. The molecule has 76 valence electrons. The Morgan fingerprint density at radius 2 is 2.00 bits per heavy atom. The molecule has 0 N–H and O–H groups in total. The monoisotopic (exact) mass is 305 g/mol. The van der Waals surface area contributed by atoms with Gasteiger partial charge >= 0.3 is 0 Å². The van der Waals surface area contributed by atoms with Crippen LogP contribution in [-0.4, -0.2) is 35.8 Å². The molecule has 4 nitrogen and oxygen atoms in total.